The van der Waals surface area contributed by atoms with Gasteiger partial charge in [-0.15, -0.1) is 0 Å². The number of morpholine rings is 1. The van der Waals surface area contributed by atoms with Gasteiger partial charge in [-0.2, -0.15) is 0 Å². The van der Waals surface area contributed by atoms with Crippen LogP contribution in [-0.4, -0.2) is 66.7 Å². The van der Waals surface area contributed by atoms with Gasteiger partial charge in [0.2, 0.25) is 5.91 Å². The van der Waals surface area contributed by atoms with Gasteiger partial charge in [-0.1, -0.05) is 0 Å². The second-order valence-electron chi connectivity index (χ2n) is 7.87. The molecule has 2 N–H and O–H groups in total. The van der Waals surface area contributed by atoms with E-state index in [0.717, 1.165) is 11.8 Å². The molecule has 2 aliphatic rings. The molecule has 2 aliphatic heterocycles. The third-order valence-electron chi connectivity index (χ3n) is 5.67. The maximum atomic E-state index is 14.3. The summed E-state index contributed by atoms with van der Waals surface area (Å²) in [5, 5.41) is 6.05. The van der Waals surface area contributed by atoms with E-state index in [1.54, 1.807) is 31.2 Å². The summed E-state index contributed by atoms with van der Waals surface area (Å²) < 4.78 is 25.9. The van der Waals surface area contributed by atoms with E-state index in [1.165, 1.54) is 25.3 Å². The van der Waals surface area contributed by atoms with Crippen LogP contribution >= 0.6 is 0 Å². The lowest BCUT2D eigenvalue weighted by molar-refractivity contribution is -0.137. The SMILES string of the molecule is COc1ccc(NC(C)=O)cc1[C@H]1CN(C2NC(c3ccncc3F)=CC(=O)N2C)CCO1. The van der Waals surface area contributed by atoms with Gasteiger partial charge in [0.15, 0.2) is 12.1 Å². The van der Waals surface area contributed by atoms with E-state index in [2.05, 4.69) is 20.5 Å². The van der Waals surface area contributed by atoms with Crippen LogP contribution in [0, 0.1) is 5.82 Å². The van der Waals surface area contributed by atoms with Crippen LogP contribution < -0.4 is 15.4 Å². The van der Waals surface area contributed by atoms with E-state index in [0.29, 0.717) is 36.8 Å². The molecule has 0 bridgehead atoms. The number of hydrogen-bond donors (Lipinski definition) is 2. The molecular formula is C23H26FN5O4. The Balaban J connectivity index is 1.58. The van der Waals surface area contributed by atoms with E-state index in [1.807, 2.05) is 6.07 Å². The van der Waals surface area contributed by atoms with Crippen molar-refractivity contribution in [2.45, 2.75) is 19.3 Å². The molecule has 33 heavy (non-hydrogen) atoms. The summed E-state index contributed by atoms with van der Waals surface area (Å²) in [5.74, 6) is -0.284. The molecule has 0 radical (unpaired) electrons. The molecule has 2 atom stereocenters. The number of likely N-dealkylation sites (N-methyl/N-ethyl adjacent to an activating group) is 1. The molecule has 1 aromatic heterocycles. The van der Waals surface area contributed by atoms with Crippen molar-refractivity contribution in [1.82, 2.24) is 20.1 Å². The number of hydrogen-bond acceptors (Lipinski definition) is 7. The highest BCUT2D eigenvalue weighted by Gasteiger charge is 2.35. The van der Waals surface area contributed by atoms with Crippen LogP contribution in [0.2, 0.25) is 0 Å². The Morgan fingerprint density at radius 3 is 2.91 bits per heavy atom. The standard InChI is InChI=1S/C23H26FN5O4/c1-14(30)26-15-4-5-20(32-3)17(10-15)21-13-29(8-9-33-21)23-27-19(11-22(31)28(23)2)16-6-7-25-12-18(16)24/h4-7,10-12,21,23,27H,8-9,13H2,1-3H3,(H,26,30)/t21-,23?/m1/s1. The zero-order valence-corrected chi connectivity index (χ0v) is 18.7. The summed E-state index contributed by atoms with van der Waals surface area (Å²) in [7, 11) is 3.27. The van der Waals surface area contributed by atoms with Crippen molar-refractivity contribution in [2.24, 2.45) is 0 Å². The molecule has 1 aromatic carbocycles. The van der Waals surface area contributed by atoms with Gasteiger partial charge in [0.25, 0.3) is 5.91 Å². The maximum Gasteiger partial charge on any atom is 0.251 e. The number of nitrogens with zero attached hydrogens (tertiary/aromatic N) is 3. The van der Waals surface area contributed by atoms with Crippen LogP contribution in [0.5, 0.6) is 5.75 Å². The average Bonchev–Trinajstić information content (AvgIpc) is 2.81. The van der Waals surface area contributed by atoms with E-state index in [9.17, 15) is 14.0 Å². The van der Waals surface area contributed by atoms with Crippen LogP contribution in [0.4, 0.5) is 10.1 Å². The second-order valence-corrected chi connectivity index (χ2v) is 7.87. The first-order chi connectivity index (χ1) is 15.9. The number of pyridine rings is 1. The Hall–Kier alpha value is -3.50. The largest absolute Gasteiger partial charge is 0.496 e. The van der Waals surface area contributed by atoms with Crippen molar-refractivity contribution >= 4 is 23.2 Å². The fourth-order valence-electron chi connectivity index (χ4n) is 4.06. The van der Waals surface area contributed by atoms with Crippen LogP contribution in [0.15, 0.2) is 42.7 Å². The number of carbonyl (C=O) groups is 2. The van der Waals surface area contributed by atoms with E-state index < -0.39 is 12.1 Å². The highest BCUT2D eigenvalue weighted by Crippen LogP contribution is 2.34. The number of carbonyl (C=O) groups excluding carboxylic acids is 2. The number of ether oxygens (including phenoxy) is 2. The maximum absolute atomic E-state index is 14.3. The Morgan fingerprint density at radius 1 is 1.36 bits per heavy atom. The van der Waals surface area contributed by atoms with Crippen molar-refractivity contribution in [3.8, 4) is 5.75 Å². The van der Waals surface area contributed by atoms with Crippen molar-refractivity contribution in [2.75, 3.05) is 39.2 Å². The predicted molar refractivity (Wildman–Crippen MR) is 119 cm³/mol. The lowest BCUT2D eigenvalue weighted by atomic mass is 10.0. The number of methoxy groups -OCH3 is 1. The van der Waals surface area contributed by atoms with Crippen LogP contribution in [0.25, 0.3) is 5.70 Å². The smallest absolute Gasteiger partial charge is 0.251 e. The van der Waals surface area contributed by atoms with Crippen LogP contribution in [0.3, 0.4) is 0 Å². The molecule has 3 heterocycles. The lowest BCUT2D eigenvalue weighted by Gasteiger charge is -2.44. The molecule has 2 amide bonds. The van der Waals surface area contributed by atoms with Gasteiger partial charge in [-0.05, 0) is 24.3 Å². The molecule has 0 saturated carbocycles. The minimum absolute atomic E-state index is 0.175. The average molecular weight is 455 g/mol. The van der Waals surface area contributed by atoms with Gasteiger partial charge in [-0.3, -0.25) is 19.5 Å². The van der Waals surface area contributed by atoms with Gasteiger partial charge in [-0.25, -0.2) is 4.39 Å². The first-order valence-electron chi connectivity index (χ1n) is 10.5. The highest BCUT2D eigenvalue weighted by molar-refractivity contribution is 5.96. The zero-order valence-electron chi connectivity index (χ0n) is 18.7. The molecule has 9 nitrogen and oxygen atoms in total. The minimum Gasteiger partial charge on any atom is -0.496 e. The Kier molecular flexibility index (Phi) is 6.57. The van der Waals surface area contributed by atoms with Crippen molar-refractivity contribution in [3.05, 3.63) is 59.7 Å². The van der Waals surface area contributed by atoms with Gasteiger partial charge in [0.1, 0.15) is 5.75 Å². The predicted octanol–water partition coefficient (Wildman–Crippen LogP) is 1.95. The number of nitrogens with one attached hydrogen (secondary N) is 2. The monoisotopic (exact) mass is 455 g/mol. The van der Waals surface area contributed by atoms with Crippen LogP contribution in [-0.2, 0) is 14.3 Å². The van der Waals surface area contributed by atoms with Gasteiger partial charge < -0.3 is 25.0 Å². The zero-order chi connectivity index (χ0) is 23.5. The number of rotatable bonds is 5. The lowest BCUT2D eigenvalue weighted by Crippen LogP contribution is -2.61. The fraction of sp³-hybridized carbons (Fsp3) is 0.348. The number of halogens is 1. The quantitative estimate of drug-likeness (QED) is 0.712. The number of benzene rings is 1. The van der Waals surface area contributed by atoms with E-state index in [-0.39, 0.29) is 23.5 Å². The Labute approximate surface area is 191 Å². The van der Waals surface area contributed by atoms with Gasteiger partial charge in [0, 0.05) is 56.1 Å². The molecule has 0 spiro atoms. The molecular weight excluding hydrogens is 429 g/mol. The van der Waals surface area contributed by atoms with Crippen LogP contribution in [0.1, 0.15) is 24.2 Å². The summed E-state index contributed by atoms with van der Waals surface area (Å²) in [5.41, 5.74) is 2.11. The van der Waals surface area contributed by atoms with Crippen molar-refractivity contribution in [1.29, 1.82) is 0 Å². The molecule has 1 saturated heterocycles. The minimum atomic E-state index is -0.508. The van der Waals surface area contributed by atoms with Gasteiger partial charge in [0.05, 0.1) is 31.7 Å². The van der Waals surface area contributed by atoms with Gasteiger partial charge >= 0.3 is 0 Å². The summed E-state index contributed by atoms with van der Waals surface area (Å²) in [6.45, 7) is 2.87. The highest BCUT2D eigenvalue weighted by atomic mass is 19.1. The molecule has 2 aromatic rings. The molecule has 0 aliphatic carbocycles. The summed E-state index contributed by atoms with van der Waals surface area (Å²) in [6, 6.07) is 6.91. The molecule has 1 unspecified atom stereocenters. The fourth-order valence-corrected chi connectivity index (χ4v) is 4.06. The number of aromatic nitrogens is 1. The first-order valence-corrected chi connectivity index (χ1v) is 10.5. The number of amides is 2. The van der Waals surface area contributed by atoms with Crippen molar-refractivity contribution < 1.29 is 23.5 Å². The first kappa shape index (κ1) is 22.7. The summed E-state index contributed by atoms with van der Waals surface area (Å²) in [6.07, 6.45) is 3.13. The molecule has 174 valence electrons. The summed E-state index contributed by atoms with van der Waals surface area (Å²) >= 11 is 0. The Bertz CT molecular complexity index is 1090. The van der Waals surface area contributed by atoms with E-state index in [4.69, 9.17) is 9.47 Å². The third-order valence-corrected chi connectivity index (χ3v) is 5.67. The second kappa shape index (κ2) is 9.55. The topological polar surface area (TPSA) is 96.0 Å². The molecule has 10 heteroatoms. The molecule has 1 fully saturated rings. The Morgan fingerprint density at radius 2 is 2.18 bits per heavy atom. The summed E-state index contributed by atoms with van der Waals surface area (Å²) in [4.78, 5) is 31.6. The number of anilines is 1. The van der Waals surface area contributed by atoms with Crippen molar-refractivity contribution in [3.63, 3.8) is 0 Å². The third kappa shape index (κ3) is 4.81. The normalized spacial score (nSPS) is 21.3. The van der Waals surface area contributed by atoms with E-state index >= 15 is 0 Å². The molecule has 4 rings (SSSR count).